The van der Waals surface area contributed by atoms with Crippen molar-refractivity contribution in [3.05, 3.63) is 34.9 Å². The molecule has 0 aliphatic heterocycles. The normalized spacial score (nSPS) is 11.2. The fourth-order valence-corrected chi connectivity index (χ4v) is 2.05. The molecule has 0 aliphatic rings. The first-order valence-corrected chi connectivity index (χ1v) is 6.35. The van der Waals surface area contributed by atoms with Crippen molar-refractivity contribution in [2.45, 2.75) is 46.0 Å². The molecule has 104 valence electrons. The van der Waals surface area contributed by atoms with Crippen molar-refractivity contribution in [3.8, 4) is 0 Å². The topological polar surface area (TPSA) is 63.6 Å². The third-order valence-corrected chi connectivity index (χ3v) is 2.93. The van der Waals surface area contributed by atoms with E-state index in [-0.39, 0.29) is 16.8 Å². The Labute approximate surface area is 113 Å². The second-order valence-electron chi connectivity index (χ2n) is 5.53. The quantitative estimate of drug-likeness (QED) is 0.512. The minimum Gasteiger partial charge on any atom is -0.295 e. The molecule has 0 heterocycles. The van der Waals surface area contributed by atoms with Crippen LogP contribution in [0.15, 0.2) is 18.2 Å². The summed E-state index contributed by atoms with van der Waals surface area (Å²) in [6.45, 7) is 7.82. The number of hydrogen-bond donors (Lipinski definition) is 1. The molecule has 1 aromatic rings. The summed E-state index contributed by atoms with van der Waals surface area (Å²) in [6.07, 6.45) is 1.06. The van der Waals surface area contributed by atoms with Crippen LogP contribution in [0.25, 0.3) is 0 Å². The summed E-state index contributed by atoms with van der Waals surface area (Å²) in [7, 11) is 0. The van der Waals surface area contributed by atoms with E-state index in [1.807, 2.05) is 33.8 Å². The Kier molecular flexibility index (Phi) is 4.84. The summed E-state index contributed by atoms with van der Waals surface area (Å²) < 4.78 is 0. The minimum atomic E-state index is -0.898. The number of hydrogen-bond acceptors (Lipinski definition) is 4. The maximum atomic E-state index is 12.3. The number of Topliss-reactive ketones (excluding diaryl/α,β-unsaturated/α-hetero) is 1. The average molecular weight is 264 g/mol. The predicted molar refractivity (Wildman–Crippen MR) is 72.4 cm³/mol. The molecule has 0 amide bonds. The average Bonchev–Trinajstić information content (AvgIpc) is 2.36. The van der Waals surface area contributed by atoms with Crippen molar-refractivity contribution in [2.24, 2.45) is 0 Å². The zero-order valence-corrected chi connectivity index (χ0v) is 11.8. The van der Waals surface area contributed by atoms with E-state index in [0.29, 0.717) is 18.4 Å². The maximum Gasteiger partial charge on any atom is 0.373 e. The van der Waals surface area contributed by atoms with Gasteiger partial charge in [-0.05, 0) is 23.5 Å². The van der Waals surface area contributed by atoms with Crippen LogP contribution in [-0.4, -0.2) is 17.0 Å². The smallest absolute Gasteiger partial charge is 0.295 e. The molecule has 4 heteroatoms. The molecule has 0 bridgehead atoms. The van der Waals surface area contributed by atoms with Gasteiger partial charge in [0.25, 0.3) is 0 Å². The number of ketones is 1. The lowest BCUT2D eigenvalue weighted by molar-refractivity contribution is -0.182. The van der Waals surface area contributed by atoms with E-state index in [4.69, 9.17) is 5.26 Å². The summed E-state index contributed by atoms with van der Waals surface area (Å²) in [5, 5.41) is 8.56. The van der Waals surface area contributed by atoms with E-state index in [2.05, 4.69) is 4.89 Å². The highest BCUT2D eigenvalue weighted by molar-refractivity contribution is 6.07. The van der Waals surface area contributed by atoms with Gasteiger partial charge in [-0.25, -0.2) is 4.79 Å². The molecule has 1 aromatic carbocycles. The zero-order valence-electron chi connectivity index (χ0n) is 11.8. The van der Waals surface area contributed by atoms with Crippen LogP contribution in [0.1, 0.15) is 66.8 Å². The van der Waals surface area contributed by atoms with Gasteiger partial charge in [0.15, 0.2) is 5.78 Å². The monoisotopic (exact) mass is 264 g/mol. The molecule has 1 rings (SSSR count). The van der Waals surface area contributed by atoms with Gasteiger partial charge in [-0.2, -0.15) is 5.26 Å². The van der Waals surface area contributed by atoms with Crippen molar-refractivity contribution < 1.29 is 19.7 Å². The predicted octanol–water partition coefficient (Wildman–Crippen LogP) is 3.60. The SMILES string of the molecule is CCCC(=O)c1c(C(=O)OO)cccc1C(C)(C)C. The van der Waals surface area contributed by atoms with Gasteiger partial charge in [-0.15, -0.1) is 0 Å². The molecule has 0 unspecified atom stereocenters. The number of benzene rings is 1. The molecule has 19 heavy (non-hydrogen) atoms. The van der Waals surface area contributed by atoms with Gasteiger partial charge in [-0.1, -0.05) is 39.8 Å². The maximum absolute atomic E-state index is 12.3. The van der Waals surface area contributed by atoms with Gasteiger partial charge in [-0.3, -0.25) is 9.68 Å². The van der Waals surface area contributed by atoms with E-state index in [9.17, 15) is 9.59 Å². The molecule has 0 spiro atoms. The Balaban J connectivity index is 3.49. The highest BCUT2D eigenvalue weighted by Gasteiger charge is 2.27. The third-order valence-electron chi connectivity index (χ3n) is 2.93. The number of carbonyl (C=O) groups excluding carboxylic acids is 2. The van der Waals surface area contributed by atoms with E-state index >= 15 is 0 Å². The van der Waals surface area contributed by atoms with Crippen LogP contribution < -0.4 is 0 Å². The summed E-state index contributed by atoms with van der Waals surface area (Å²) in [5.41, 5.74) is 0.989. The minimum absolute atomic E-state index is 0.103. The Hall–Kier alpha value is -1.68. The van der Waals surface area contributed by atoms with Crippen LogP contribution in [0, 0.1) is 0 Å². The second-order valence-corrected chi connectivity index (χ2v) is 5.53. The van der Waals surface area contributed by atoms with Crippen LogP contribution in [0.2, 0.25) is 0 Å². The van der Waals surface area contributed by atoms with Crippen molar-refractivity contribution in [1.29, 1.82) is 0 Å². The summed E-state index contributed by atoms with van der Waals surface area (Å²) in [4.78, 5) is 27.6. The molecular weight excluding hydrogens is 244 g/mol. The van der Waals surface area contributed by atoms with Crippen LogP contribution in [0.3, 0.4) is 0 Å². The number of carbonyl (C=O) groups is 2. The van der Waals surface area contributed by atoms with E-state index in [1.165, 1.54) is 6.07 Å². The third kappa shape index (κ3) is 3.41. The molecule has 4 nitrogen and oxygen atoms in total. The molecule has 1 N–H and O–H groups in total. The molecule has 0 fully saturated rings. The van der Waals surface area contributed by atoms with E-state index < -0.39 is 5.97 Å². The van der Waals surface area contributed by atoms with Crippen molar-refractivity contribution in [1.82, 2.24) is 0 Å². The highest BCUT2D eigenvalue weighted by atomic mass is 17.1. The fraction of sp³-hybridized carbons (Fsp3) is 0.467. The molecule has 0 atom stereocenters. The molecule has 0 aromatic heterocycles. The lowest BCUT2D eigenvalue weighted by Gasteiger charge is -2.23. The summed E-state index contributed by atoms with van der Waals surface area (Å²) >= 11 is 0. The lowest BCUT2D eigenvalue weighted by Crippen LogP contribution is -2.21. The van der Waals surface area contributed by atoms with Gasteiger partial charge < -0.3 is 0 Å². The van der Waals surface area contributed by atoms with Crippen LogP contribution >= 0.6 is 0 Å². The largest absolute Gasteiger partial charge is 0.373 e. The summed E-state index contributed by atoms with van der Waals surface area (Å²) in [5.74, 6) is -1.00. The first-order chi connectivity index (χ1) is 8.82. The van der Waals surface area contributed by atoms with Gasteiger partial charge in [0.05, 0.1) is 5.56 Å². The Morgan fingerprint density at radius 3 is 2.37 bits per heavy atom. The zero-order chi connectivity index (χ0) is 14.6. The van der Waals surface area contributed by atoms with Gasteiger partial charge in [0, 0.05) is 12.0 Å². The van der Waals surface area contributed by atoms with Gasteiger partial charge in [0.1, 0.15) is 0 Å². The van der Waals surface area contributed by atoms with Crippen molar-refractivity contribution >= 4 is 11.8 Å². The lowest BCUT2D eigenvalue weighted by atomic mass is 9.80. The Bertz CT molecular complexity index is 483. The standard InChI is InChI=1S/C15H20O4/c1-5-7-12(16)13-10(14(17)19-18)8-6-9-11(13)15(2,3)4/h6,8-9,18H,5,7H2,1-4H3. The molecular formula is C15H20O4. The van der Waals surface area contributed by atoms with Crippen LogP contribution in [0.5, 0.6) is 0 Å². The molecule has 0 radical (unpaired) electrons. The molecule has 0 saturated heterocycles. The van der Waals surface area contributed by atoms with Gasteiger partial charge >= 0.3 is 5.97 Å². The fourth-order valence-electron chi connectivity index (χ4n) is 2.05. The number of rotatable bonds is 4. The van der Waals surface area contributed by atoms with Crippen molar-refractivity contribution in [3.63, 3.8) is 0 Å². The van der Waals surface area contributed by atoms with Gasteiger partial charge in [0.2, 0.25) is 0 Å². The molecule has 0 aliphatic carbocycles. The first kappa shape index (κ1) is 15.4. The Morgan fingerprint density at radius 1 is 1.26 bits per heavy atom. The van der Waals surface area contributed by atoms with Crippen LogP contribution in [-0.2, 0) is 10.3 Å². The van der Waals surface area contributed by atoms with E-state index in [0.717, 1.165) is 5.56 Å². The highest BCUT2D eigenvalue weighted by Crippen LogP contribution is 2.29. The first-order valence-electron chi connectivity index (χ1n) is 6.35. The van der Waals surface area contributed by atoms with Crippen LogP contribution in [0.4, 0.5) is 0 Å². The summed E-state index contributed by atoms with van der Waals surface area (Å²) in [6, 6.07) is 5.02. The molecule has 0 saturated carbocycles. The Morgan fingerprint density at radius 2 is 1.89 bits per heavy atom. The van der Waals surface area contributed by atoms with Crippen molar-refractivity contribution in [2.75, 3.05) is 0 Å². The van der Waals surface area contributed by atoms with E-state index in [1.54, 1.807) is 6.07 Å². The second kappa shape index (κ2) is 5.97.